The quantitative estimate of drug-likeness (QED) is 0.724. The topological polar surface area (TPSA) is 60.4 Å². The van der Waals surface area contributed by atoms with Crippen molar-refractivity contribution in [3.63, 3.8) is 0 Å². The Morgan fingerprint density at radius 3 is 2.11 bits per heavy atom. The fourth-order valence-corrected chi connectivity index (χ4v) is 3.28. The second-order valence-electron chi connectivity index (χ2n) is 5.49. The van der Waals surface area contributed by atoms with Crippen molar-refractivity contribution in [3.05, 3.63) is 0 Å². The molecule has 0 radical (unpaired) electrons. The van der Waals surface area contributed by atoms with E-state index in [1.165, 1.54) is 6.92 Å². The van der Waals surface area contributed by atoms with E-state index in [1.54, 1.807) is 6.92 Å². The fraction of sp³-hybridized carbons (Fsp3) is 0.923. The Kier molecular flexibility index (Phi) is 4.47. The number of hydrogen-bond donors (Lipinski definition) is 0. The van der Waals surface area contributed by atoms with Crippen molar-refractivity contribution in [2.75, 3.05) is 6.26 Å². The molecule has 0 N–H and O–H groups in total. The highest BCUT2D eigenvalue weighted by Crippen LogP contribution is 2.38. The molecule has 0 bridgehead atoms. The number of ether oxygens (including phenoxy) is 1. The van der Waals surface area contributed by atoms with E-state index in [9.17, 15) is 13.2 Å². The first-order valence-electron chi connectivity index (χ1n) is 6.64. The van der Waals surface area contributed by atoms with Gasteiger partial charge in [0.05, 0.1) is 0 Å². The van der Waals surface area contributed by atoms with Crippen LogP contribution in [0.1, 0.15) is 59.3 Å². The van der Waals surface area contributed by atoms with Gasteiger partial charge in [-0.05, 0) is 45.4 Å². The van der Waals surface area contributed by atoms with Gasteiger partial charge < -0.3 is 4.74 Å². The first kappa shape index (κ1) is 15.5. The summed E-state index contributed by atoms with van der Waals surface area (Å²) >= 11 is 0. The molecular weight excluding hydrogens is 252 g/mol. The SMILES string of the molecule is CCC1(OC(=O)C(C)(CC)S(C)(=O)=O)CCCC1. The predicted octanol–water partition coefficient (Wildman–Crippen LogP) is 2.47. The van der Waals surface area contributed by atoms with E-state index in [0.29, 0.717) is 0 Å². The zero-order chi connectivity index (χ0) is 14.0. The molecule has 106 valence electrons. The monoisotopic (exact) mass is 276 g/mol. The maximum Gasteiger partial charge on any atom is 0.327 e. The van der Waals surface area contributed by atoms with Crippen LogP contribution in [0.2, 0.25) is 0 Å². The Morgan fingerprint density at radius 1 is 1.28 bits per heavy atom. The maximum atomic E-state index is 12.3. The lowest BCUT2D eigenvalue weighted by molar-refractivity contribution is -0.162. The predicted molar refractivity (Wildman–Crippen MR) is 71.1 cm³/mol. The summed E-state index contributed by atoms with van der Waals surface area (Å²) in [4.78, 5) is 12.3. The van der Waals surface area contributed by atoms with E-state index in [-0.39, 0.29) is 6.42 Å². The van der Waals surface area contributed by atoms with Crippen LogP contribution in [0.15, 0.2) is 0 Å². The van der Waals surface area contributed by atoms with Crippen molar-refractivity contribution in [2.24, 2.45) is 0 Å². The summed E-state index contributed by atoms with van der Waals surface area (Å²) in [5.74, 6) is -0.587. The molecule has 1 aliphatic carbocycles. The van der Waals surface area contributed by atoms with Crippen LogP contribution in [0.3, 0.4) is 0 Å². The maximum absolute atomic E-state index is 12.3. The van der Waals surface area contributed by atoms with Gasteiger partial charge in [0.15, 0.2) is 14.6 Å². The van der Waals surface area contributed by atoms with Crippen molar-refractivity contribution < 1.29 is 17.9 Å². The van der Waals surface area contributed by atoms with Crippen LogP contribution in [-0.4, -0.2) is 31.0 Å². The van der Waals surface area contributed by atoms with Gasteiger partial charge in [-0.3, -0.25) is 4.79 Å². The minimum absolute atomic E-state index is 0.241. The van der Waals surface area contributed by atoms with Gasteiger partial charge in [-0.25, -0.2) is 8.42 Å². The molecule has 1 fully saturated rings. The summed E-state index contributed by atoms with van der Waals surface area (Å²) < 4.78 is 27.8. The molecular formula is C13H24O4S. The summed E-state index contributed by atoms with van der Waals surface area (Å²) in [7, 11) is -3.46. The Labute approximate surface area is 110 Å². The van der Waals surface area contributed by atoms with Crippen molar-refractivity contribution in [3.8, 4) is 0 Å². The molecule has 18 heavy (non-hydrogen) atoms. The molecule has 0 aromatic heterocycles. The summed E-state index contributed by atoms with van der Waals surface area (Å²) in [5.41, 5.74) is -0.432. The van der Waals surface area contributed by atoms with Crippen LogP contribution >= 0.6 is 0 Å². The second kappa shape index (κ2) is 5.19. The van der Waals surface area contributed by atoms with Crippen molar-refractivity contribution in [2.45, 2.75) is 69.6 Å². The molecule has 0 amide bonds. The van der Waals surface area contributed by atoms with Gasteiger partial charge in [-0.2, -0.15) is 0 Å². The number of rotatable bonds is 5. The van der Waals surface area contributed by atoms with Crippen LogP contribution in [-0.2, 0) is 19.4 Å². The van der Waals surface area contributed by atoms with E-state index < -0.39 is 26.2 Å². The molecule has 4 nitrogen and oxygen atoms in total. The highest BCUT2D eigenvalue weighted by atomic mass is 32.2. The zero-order valence-corrected chi connectivity index (χ0v) is 12.6. The minimum Gasteiger partial charge on any atom is -0.458 e. The molecule has 1 aliphatic rings. The van der Waals surface area contributed by atoms with Crippen LogP contribution in [0.25, 0.3) is 0 Å². The number of carbonyl (C=O) groups excluding carboxylic acids is 1. The number of esters is 1. The lowest BCUT2D eigenvalue weighted by Gasteiger charge is -2.33. The van der Waals surface area contributed by atoms with Crippen LogP contribution in [0, 0.1) is 0 Å². The summed E-state index contributed by atoms with van der Waals surface area (Å²) in [6.07, 6.45) is 5.88. The molecule has 0 heterocycles. The van der Waals surface area contributed by atoms with Gasteiger partial charge in [0, 0.05) is 6.26 Å². The Bertz CT molecular complexity index is 407. The van der Waals surface area contributed by atoms with E-state index >= 15 is 0 Å². The minimum atomic E-state index is -3.46. The van der Waals surface area contributed by atoms with E-state index in [4.69, 9.17) is 4.74 Å². The summed E-state index contributed by atoms with van der Waals surface area (Å²) in [5, 5.41) is 0. The molecule has 1 rings (SSSR count). The van der Waals surface area contributed by atoms with E-state index in [1.807, 2.05) is 6.92 Å². The van der Waals surface area contributed by atoms with Crippen LogP contribution in [0.4, 0.5) is 0 Å². The van der Waals surface area contributed by atoms with Crippen molar-refractivity contribution in [1.29, 1.82) is 0 Å². The Balaban J connectivity index is 2.93. The van der Waals surface area contributed by atoms with Crippen LogP contribution in [0.5, 0.6) is 0 Å². The van der Waals surface area contributed by atoms with Gasteiger partial charge in [0.1, 0.15) is 5.60 Å². The van der Waals surface area contributed by atoms with Gasteiger partial charge in [0.2, 0.25) is 0 Å². The molecule has 0 spiro atoms. The highest BCUT2D eigenvalue weighted by Gasteiger charge is 2.47. The van der Waals surface area contributed by atoms with E-state index in [2.05, 4.69) is 0 Å². The van der Waals surface area contributed by atoms with Gasteiger partial charge in [0.25, 0.3) is 0 Å². The third-order valence-electron chi connectivity index (χ3n) is 4.39. The average molecular weight is 276 g/mol. The molecule has 0 aromatic rings. The molecule has 0 aliphatic heterocycles. The van der Waals surface area contributed by atoms with Gasteiger partial charge in [-0.15, -0.1) is 0 Å². The smallest absolute Gasteiger partial charge is 0.327 e. The average Bonchev–Trinajstić information content (AvgIpc) is 2.75. The number of sulfone groups is 1. The molecule has 5 heteroatoms. The standard InChI is InChI=1S/C13H24O4S/c1-5-12(3,18(4,15)16)11(14)17-13(6-2)9-7-8-10-13/h5-10H2,1-4H3. The lowest BCUT2D eigenvalue weighted by atomic mass is 9.98. The number of hydrogen-bond acceptors (Lipinski definition) is 4. The molecule has 1 atom stereocenters. The third kappa shape index (κ3) is 2.71. The van der Waals surface area contributed by atoms with Crippen molar-refractivity contribution >= 4 is 15.8 Å². The molecule has 1 saturated carbocycles. The first-order chi connectivity index (χ1) is 8.21. The highest BCUT2D eigenvalue weighted by molar-refractivity contribution is 7.92. The third-order valence-corrected chi connectivity index (χ3v) is 6.49. The summed E-state index contributed by atoms with van der Waals surface area (Å²) in [6, 6.07) is 0. The second-order valence-corrected chi connectivity index (χ2v) is 7.94. The fourth-order valence-electron chi connectivity index (χ4n) is 2.41. The van der Waals surface area contributed by atoms with Crippen molar-refractivity contribution in [1.82, 2.24) is 0 Å². The normalized spacial score (nSPS) is 22.4. The molecule has 0 aromatic carbocycles. The molecule has 0 saturated heterocycles. The molecule has 1 unspecified atom stereocenters. The first-order valence-corrected chi connectivity index (χ1v) is 8.53. The zero-order valence-electron chi connectivity index (χ0n) is 11.8. The summed E-state index contributed by atoms with van der Waals surface area (Å²) in [6.45, 7) is 5.15. The van der Waals surface area contributed by atoms with Gasteiger partial charge in [-0.1, -0.05) is 13.8 Å². The Hall–Kier alpha value is -0.580. The largest absolute Gasteiger partial charge is 0.458 e. The number of carbonyl (C=O) groups is 1. The lowest BCUT2D eigenvalue weighted by Crippen LogP contribution is -2.47. The van der Waals surface area contributed by atoms with Crippen LogP contribution < -0.4 is 0 Å². The van der Waals surface area contributed by atoms with Gasteiger partial charge >= 0.3 is 5.97 Å². The van der Waals surface area contributed by atoms with E-state index in [0.717, 1.165) is 38.4 Å². The Morgan fingerprint density at radius 2 is 1.78 bits per heavy atom.